The third kappa shape index (κ3) is 4.19. The molecule has 0 spiro atoms. The number of hydrogen-bond donors (Lipinski definition) is 3. The van der Waals surface area contributed by atoms with Crippen LogP contribution in [0.5, 0.6) is 0 Å². The number of aromatic nitrogens is 2. The van der Waals surface area contributed by atoms with Crippen molar-refractivity contribution in [1.82, 2.24) is 15.1 Å². The zero-order valence-corrected chi connectivity index (χ0v) is 10.6. The van der Waals surface area contributed by atoms with Crippen molar-refractivity contribution < 1.29 is 24.6 Å². The lowest BCUT2D eigenvalue weighted by atomic mass is 10.1. The van der Waals surface area contributed by atoms with Gasteiger partial charge in [0, 0.05) is 19.5 Å². The number of carboxylic acids is 2. The van der Waals surface area contributed by atoms with Crippen LogP contribution in [0.2, 0.25) is 0 Å². The molecule has 0 aliphatic heterocycles. The van der Waals surface area contributed by atoms with Crippen LogP contribution in [0.15, 0.2) is 16.9 Å². The second-order valence-corrected chi connectivity index (χ2v) is 3.98. The minimum Gasteiger partial charge on any atom is -0.481 e. The molecule has 20 heavy (non-hydrogen) atoms. The minimum absolute atomic E-state index is 0.131. The van der Waals surface area contributed by atoms with E-state index in [1.165, 1.54) is 7.05 Å². The van der Waals surface area contributed by atoms with Crippen molar-refractivity contribution in [3.05, 3.63) is 28.2 Å². The van der Waals surface area contributed by atoms with E-state index in [4.69, 9.17) is 10.2 Å². The molecule has 0 aromatic carbocycles. The molecule has 9 heteroatoms. The van der Waals surface area contributed by atoms with Crippen LogP contribution >= 0.6 is 0 Å². The van der Waals surface area contributed by atoms with Gasteiger partial charge in [0.05, 0.1) is 0 Å². The van der Waals surface area contributed by atoms with Crippen LogP contribution in [0.4, 0.5) is 0 Å². The molecule has 108 valence electrons. The average molecular weight is 283 g/mol. The summed E-state index contributed by atoms with van der Waals surface area (Å²) in [5.41, 5.74) is -0.545. The maximum atomic E-state index is 11.8. The van der Waals surface area contributed by atoms with E-state index in [9.17, 15) is 19.2 Å². The molecular formula is C11H13N3O6. The smallest absolute Gasteiger partial charge is 0.326 e. The van der Waals surface area contributed by atoms with Gasteiger partial charge in [-0.25, -0.2) is 9.48 Å². The van der Waals surface area contributed by atoms with Crippen molar-refractivity contribution in [1.29, 1.82) is 0 Å². The maximum absolute atomic E-state index is 11.8. The number of aryl methyl sites for hydroxylation is 1. The molecule has 1 aromatic heterocycles. The lowest BCUT2D eigenvalue weighted by molar-refractivity contribution is -0.140. The summed E-state index contributed by atoms with van der Waals surface area (Å²) in [5.74, 6) is -3.30. The Morgan fingerprint density at radius 1 is 1.35 bits per heavy atom. The predicted molar refractivity (Wildman–Crippen MR) is 65.2 cm³/mol. The van der Waals surface area contributed by atoms with Gasteiger partial charge >= 0.3 is 11.9 Å². The largest absolute Gasteiger partial charge is 0.481 e. The fourth-order valence-corrected chi connectivity index (χ4v) is 1.38. The van der Waals surface area contributed by atoms with Crippen LogP contribution < -0.4 is 10.9 Å². The van der Waals surface area contributed by atoms with Gasteiger partial charge in [-0.3, -0.25) is 14.4 Å². The van der Waals surface area contributed by atoms with E-state index in [-0.39, 0.29) is 12.1 Å². The molecule has 1 unspecified atom stereocenters. The maximum Gasteiger partial charge on any atom is 0.326 e. The van der Waals surface area contributed by atoms with E-state index >= 15 is 0 Å². The highest BCUT2D eigenvalue weighted by atomic mass is 16.4. The van der Waals surface area contributed by atoms with Gasteiger partial charge in [-0.05, 0) is 12.5 Å². The number of nitrogens with one attached hydrogen (secondary N) is 1. The minimum atomic E-state index is -1.34. The molecule has 1 rings (SSSR count). The molecule has 0 saturated heterocycles. The molecule has 0 aliphatic rings. The van der Waals surface area contributed by atoms with Crippen LogP contribution in [-0.2, 0) is 16.6 Å². The Morgan fingerprint density at radius 3 is 2.50 bits per heavy atom. The van der Waals surface area contributed by atoms with E-state index in [0.29, 0.717) is 0 Å². The first kappa shape index (κ1) is 15.3. The fourth-order valence-electron chi connectivity index (χ4n) is 1.38. The number of rotatable bonds is 6. The monoisotopic (exact) mass is 283 g/mol. The van der Waals surface area contributed by atoms with Crippen molar-refractivity contribution in [3.8, 4) is 0 Å². The zero-order chi connectivity index (χ0) is 15.3. The molecule has 1 atom stereocenters. The molecule has 3 N–H and O–H groups in total. The van der Waals surface area contributed by atoms with Gasteiger partial charge in [0.15, 0.2) is 0 Å². The van der Waals surface area contributed by atoms with Crippen LogP contribution in [-0.4, -0.2) is 43.9 Å². The topological polar surface area (TPSA) is 139 Å². The summed E-state index contributed by atoms with van der Waals surface area (Å²) >= 11 is 0. The third-order valence-corrected chi connectivity index (χ3v) is 2.44. The van der Waals surface area contributed by atoms with Crippen LogP contribution in [0.25, 0.3) is 0 Å². The summed E-state index contributed by atoms with van der Waals surface area (Å²) in [6.45, 7) is 0. The number of hydrogen-bond acceptors (Lipinski definition) is 5. The number of carbonyl (C=O) groups is 3. The summed E-state index contributed by atoms with van der Waals surface area (Å²) in [4.78, 5) is 44.2. The summed E-state index contributed by atoms with van der Waals surface area (Å²) in [5, 5.41) is 23.2. The fraction of sp³-hybridized carbons (Fsp3) is 0.364. The van der Waals surface area contributed by atoms with Crippen LogP contribution in [0.3, 0.4) is 0 Å². The van der Waals surface area contributed by atoms with Gasteiger partial charge in [-0.2, -0.15) is 5.10 Å². The average Bonchev–Trinajstić information content (AvgIpc) is 2.36. The second-order valence-electron chi connectivity index (χ2n) is 3.98. The normalized spacial score (nSPS) is 11.7. The molecule has 0 radical (unpaired) electrons. The quantitative estimate of drug-likeness (QED) is 0.597. The molecule has 9 nitrogen and oxygen atoms in total. The van der Waals surface area contributed by atoms with Gasteiger partial charge in [0.1, 0.15) is 11.7 Å². The van der Waals surface area contributed by atoms with Crippen LogP contribution in [0.1, 0.15) is 23.3 Å². The van der Waals surface area contributed by atoms with E-state index in [2.05, 4.69) is 10.4 Å². The standard InChI is InChI=1S/C11H13N3O6/c1-14-8(15)4-2-6(13-14)10(18)12-7(11(19)20)3-5-9(16)17/h2,4,7H,3,5H2,1H3,(H,12,18)(H,16,17)(H,19,20). The third-order valence-electron chi connectivity index (χ3n) is 2.44. The van der Waals surface area contributed by atoms with Gasteiger partial charge in [-0.15, -0.1) is 0 Å². The van der Waals surface area contributed by atoms with Gasteiger partial charge < -0.3 is 15.5 Å². The Balaban J connectivity index is 2.79. The molecule has 1 amide bonds. The first-order valence-corrected chi connectivity index (χ1v) is 5.61. The van der Waals surface area contributed by atoms with E-state index < -0.39 is 35.9 Å². The highest BCUT2D eigenvalue weighted by Gasteiger charge is 2.22. The number of nitrogens with zero attached hydrogens (tertiary/aromatic N) is 2. The molecule has 0 aliphatic carbocycles. The first-order valence-electron chi connectivity index (χ1n) is 5.61. The number of amides is 1. The van der Waals surface area contributed by atoms with Crippen molar-refractivity contribution in [2.24, 2.45) is 7.05 Å². The van der Waals surface area contributed by atoms with Crippen molar-refractivity contribution in [2.45, 2.75) is 18.9 Å². The number of carbonyl (C=O) groups excluding carboxylic acids is 1. The molecule has 0 bridgehead atoms. The van der Waals surface area contributed by atoms with E-state index in [0.717, 1.165) is 16.8 Å². The molecule has 0 saturated carbocycles. The Morgan fingerprint density at radius 2 is 2.00 bits per heavy atom. The lowest BCUT2D eigenvalue weighted by Crippen LogP contribution is -2.42. The van der Waals surface area contributed by atoms with Crippen LogP contribution in [0, 0.1) is 0 Å². The van der Waals surface area contributed by atoms with Crippen molar-refractivity contribution >= 4 is 17.8 Å². The molecule has 0 fully saturated rings. The summed E-state index contributed by atoms with van der Waals surface area (Å²) in [7, 11) is 1.35. The molecular weight excluding hydrogens is 270 g/mol. The predicted octanol–water partition coefficient (Wildman–Crippen LogP) is -1.17. The Kier molecular flexibility index (Phi) is 4.95. The summed E-state index contributed by atoms with van der Waals surface area (Å²) in [6.07, 6.45) is -0.639. The second kappa shape index (κ2) is 6.45. The lowest BCUT2D eigenvalue weighted by Gasteiger charge is -2.13. The first-order chi connectivity index (χ1) is 9.31. The number of carboxylic acid groups (broad SMARTS) is 2. The Labute approximate surface area is 112 Å². The van der Waals surface area contributed by atoms with Crippen molar-refractivity contribution in [3.63, 3.8) is 0 Å². The SMILES string of the molecule is Cn1nc(C(=O)NC(CCC(=O)O)C(=O)O)ccc1=O. The van der Waals surface area contributed by atoms with E-state index in [1.54, 1.807) is 0 Å². The molecule has 1 heterocycles. The van der Waals surface area contributed by atoms with Gasteiger partial charge in [0.25, 0.3) is 11.5 Å². The highest BCUT2D eigenvalue weighted by Crippen LogP contribution is 2.00. The highest BCUT2D eigenvalue weighted by molar-refractivity contribution is 5.94. The van der Waals surface area contributed by atoms with Gasteiger partial charge in [-0.1, -0.05) is 0 Å². The van der Waals surface area contributed by atoms with E-state index in [1.807, 2.05) is 0 Å². The summed E-state index contributed by atoms with van der Waals surface area (Å²) in [6, 6.07) is 0.945. The Bertz CT molecular complexity index is 594. The zero-order valence-electron chi connectivity index (χ0n) is 10.6. The number of aliphatic carboxylic acids is 2. The molecule has 1 aromatic rings. The summed E-state index contributed by atoms with van der Waals surface area (Å²) < 4.78 is 0.932. The Hall–Kier alpha value is -2.71. The van der Waals surface area contributed by atoms with Gasteiger partial charge in [0.2, 0.25) is 0 Å². The van der Waals surface area contributed by atoms with Crippen molar-refractivity contribution in [2.75, 3.05) is 0 Å².